The van der Waals surface area contributed by atoms with Crippen LogP contribution in [0.4, 0.5) is 11.4 Å². The van der Waals surface area contributed by atoms with Gasteiger partial charge in [-0.05, 0) is 44.5 Å². The predicted molar refractivity (Wildman–Crippen MR) is 95.9 cm³/mol. The fourth-order valence-corrected chi connectivity index (χ4v) is 2.01. The van der Waals surface area contributed by atoms with E-state index in [0.29, 0.717) is 5.69 Å². The number of aliphatic hydroxyl groups is 1. The van der Waals surface area contributed by atoms with Gasteiger partial charge in [0.1, 0.15) is 0 Å². The van der Waals surface area contributed by atoms with Crippen molar-refractivity contribution >= 4 is 11.4 Å². The van der Waals surface area contributed by atoms with Crippen molar-refractivity contribution in [3.8, 4) is 0 Å². The van der Waals surface area contributed by atoms with E-state index in [2.05, 4.69) is 16.9 Å². The van der Waals surface area contributed by atoms with Crippen molar-refractivity contribution < 1.29 is 5.11 Å². The molecular formula is C18H28N4O. The van der Waals surface area contributed by atoms with E-state index in [1.807, 2.05) is 26.0 Å². The lowest BCUT2D eigenvalue weighted by Gasteiger charge is -2.11. The van der Waals surface area contributed by atoms with Crippen molar-refractivity contribution in [1.82, 2.24) is 9.97 Å². The van der Waals surface area contributed by atoms with Crippen molar-refractivity contribution in [1.29, 1.82) is 0 Å². The molecule has 0 fully saturated rings. The molecule has 2 heterocycles. The third-order valence-electron chi connectivity index (χ3n) is 3.62. The minimum absolute atomic E-state index is 0.448. The van der Waals surface area contributed by atoms with E-state index in [0.717, 1.165) is 42.0 Å². The number of pyridine rings is 2. The van der Waals surface area contributed by atoms with Crippen LogP contribution in [0.1, 0.15) is 55.8 Å². The molecule has 0 aromatic carbocycles. The van der Waals surface area contributed by atoms with E-state index in [4.69, 9.17) is 11.5 Å². The predicted octanol–water partition coefficient (Wildman–Crippen LogP) is 3.56. The summed E-state index contributed by atoms with van der Waals surface area (Å²) in [6.45, 7) is 5.89. The molecule has 0 spiro atoms. The summed E-state index contributed by atoms with van der Waals surface area (Å²) >= 11 is 0. The number of anilines is 2. The fourth-order valence-electron chi connectivity index (χ4n) is 2.01. The monoisotopic (exact) mass is 316 g/mol. The lowest BCUT2D eigenvalue weighted by atomic mass is 10.1. The van der Waals surface area contributed by atoms with Crippen LogP contribution in [-0.4, -0.2) is 15.1 Å². The molecule has 0 radical (unpaired) electrons. The van der Waals surface area contributed by atoms with Crippen molar-refractivity contribution in [2.45, 2.75) is 52.6 Å². The van der Waals surface area contributed by atoms with Gasteiger partial charge in [0.15, 0.2) is 0 Å². The third-order valence-corrected chi connectivity index (χ3v) is 3.62. The largest absolute Gasteiger partial charge is 0.397 e. The molecule has 2 aromatic heterocycles. The molecule has 5 heteroatoms. The van der Waals surface area contributed by atoms with Crippen molar-refractivity contribution in [2.24, 2.45) is 0 Å². The normalized spacial score (nSPS) is 11.5. The standard InChI is InChI=1S/C12H20N2O.C6H8N2/c1-3-4-5-6-12(15)11-8-7-10(13)9(2)14-11;1-5-6(7)3-2-4-8-5/h7-8,12,15H,3-6,13H2,1-2H3;2-4H,7H2,1H3. The number of aryl methyl sites for hydroxylation is 2. The van der Waals surface area contributed by atoms with Crippen LogP contribution in [0.15, 0.2) is 30.5 Å². The van der Waals surface area contributed by atoms with Crippen molar-refractivity contribution in [3.05, 3.63) is 47.5 Å². The Kier molecular flexibility index (Phi) is 8.05. The second kappa shape index (κ2) is 9.79. The van der Waals surface area contributed by atoms with E-state index in [1.165, 1.54) is 6.42 Å². The van der Waals surface area contributed by atoms with Gasteiger partial charge in [-0.25, -0.2) is 0 Å². The highest BCUT2D eigenvalue weighted by Gasteiger charge is 2.09. The second-order valence-corrected chi connectivity index (χ2v) is 5.60. The van der Waals surface area contributed by atoms with Gasteiger partial charge in [0.05, 0.1) is 34.6 Å². The summed E-state index contributed by atoms with van der Waals surface area (Å²) in [5, 5.41) is 9.86. The summed E-state index contributed by atoms with van der Waals surface area (Å²) in [5.41, 5.74) is 15.0. The maximum atomic E-state index is 9.86. The molecule has 23 heavy (non-hydrogen) atoms. The molecule has 1 atom stereocenters. The lowest BCUT2D eigenvalue weighted by Crippen LogP contribution is -2.03. The third kappa shape index (κ3) is 6.65. The number of hydrogen-bond donors (Lipinski definition) is 3. The molecule has 0 aliphatic carbocycles. The molecule has 0 bridgehead atoms. The maximum Gasteiger partial charge on any atom is 0.0959 e. The van der Waals surface area contributed by atoms with Crippen LogP contribution in [0, 0.1) is 13.8 Å². The highest BCUT2D eigenvalue weighted by Crippen LogP contribution is 2.19. The first kappa shape index (κ1) is 18.9. The van der Waals surface area contributed by atoms with Crippen LogP contribution in [0.3, 0.4) is 0 Å². The van der Waals surface area contributed by atoms with Crippen LogP contribution in [0.5, 0.6) is 0 Å². The van der Waals surface area contributed by atoms with Gasteiger partial charge >= 0.3 is 0 Å². The number of nitrogens with two attached hydrogens (primary N) is 2. The average Bonchev–Trinajstić information content (AvgIpc) is 2.53. The van der Waals surface area contributed by atoms with Gasteiger partial charge in [-0.3, -0.25) is 9.97 Å². The molecule has 0 aliphatic rings. The van der Waals surface area contributed by atoms with E-state index in [1.54, 1.807) is 18.3 Å². The lowest BCUT2D eigenvalue weighted by molar-refractivity contribution is 0.159. The Hall–Kier alpha value is -2.14. The Bertz CT molecular complexity index is 580. The summed E-state index contributed by atoms with van der Waals surface area (Å²) in [4.78, 5) is 8.23. The Morgan fingerprint density at radius 3 is 2.26 bits per heavy atom. The molecule has 0 saturated heterocycles. The fraction of sp³-hybridized carbons (Fsp3) is 0.444. The average molecular weight is 316 g/mol. The summed E-state index contributed by atoms with van der Waals surface area (Å²) in [6.07, 6.45) is 5.43. The molecule has 0 saturated carbocycles. The highest BCUT2D eigenvalue weighted by atomic mass is 16.3. The number of unbranched alkanes of at least 4 members (excludes halogenated alkanes) is 2. The molecule has 126 valence electrons. The van der Waals surface area contributed by atoms with Gasteiger partial charge in [0.2, 0.25) is 0 Å². The van der Waals surface area contributed by atoms with Gasteiger partial charge in [0.25, 0.3) is 0 Å². The number of nitrogen functional groups attached to an aromatic ring is 2. The van der Waals surface area contributed by atoms with E-state index < -0.39 is 6.10 Å². The molecular weight excluding hydrogens is 288 g/mol. The Labute approximate surface area is 138 Å². The number of rotatable bonds is 5. The first-order valence-electron chi connectivity index (χ1n) is 8.03. The number of aromatic nitrogens is 2. The molecule has 2 aromatic rings. The van der Waals surface area contributed by atoms with Crippen LogP contribution in [-0.2, 0) is 0 Å². The summed E-state index contributed by atoms with van der Waals surface area (Å²) in [7, 11) is 0. The van der Waals surface area contributed by atoms with E-state index in [9.17, 15) is 5.11 Å². The number of nitrogens with zero attached hydrogens (tertiary/aromatic N) is 2. The molecule has 5 N–H and O–H groups in total. The Morgan fingerprint density at radius 1 is 1.04 bits per heavy atom. The first-order valence-corrected chi connectivity index (χ1v) is 8.03. The van der Waals surface area contributed by atoms with Gasteiger partial charge in [0, 0.05) is 6.20 Å². The number of aliphatic hydroxyl groups excluding tert-OH is 1. The Balaban J connectivity index is 0.000000277. The SMILES string of the molecule is CCCCCC(O)c1ccc(N)c(C)n1.Cc1ncccc1N. The maximum absolute atomic E-state index is 9.86. The van der Waals surface area contributed by atoms with Crippen LogP contribution in [0.2, 0.25) is 0 Å². The Morgan fingerprint density at radius 2 is 1.74 bits per heavy atom. The minimum atomic E-state index is -0.448. The van der Waals surface area contributed by atoms with Crippen molar-refractivity contribution in [2.75, 3.05) is 11.5 Å². The smallest absolute Gasteiger partial charge is 0.0959 e. The van der Waals surface area contributed by atoms with Gasteiger partial charge in [-0.1, -0.05) is 26.2 Å². The first-order chi connectivity index (χ1) is 11.0. The topological polar surface area (TPSA) is 98.0 Å². The summed E-state index contributed by atoms with van der Waals surface area (Å²) < 4.78 is 0. The minimum Gasteiger partial charge on any atom is -0.397 e. The molecule has 1 unspecified atom stereocenters. The van der Waals surface area contributed by atoms with Crippen LogP contribution in [0.25, 0.3) is 0 Å². The molecule has 2 rings (SSSR count). The van der Waals surface area contributed by atoms with Crippen LogP contribution < -0.4 is 11.5 Å². The zero-order valence-electron chi connectivity index (χ0n) is 14.3. The zero-order chi connectivity index (χ0) is 17.2. The zero-order valence-corrected chi connectivity index (χ0v) is 14.3. The van der Waals surface area contributed by atoms with E-state index in [-0.39, 0.29) is 0 Å². The van der Waals surface area contributed by atoms with Gasteiger partial charge < -0.3 is 16.6 Å². The number of hydrogen-bond acceptors (Lipinski definition) is 5. The van der Waals surface area contributed by atoms with Crippen molar-refractivity contribution in [3.63, 3.8) is 0 Å². The summed E-state index contributed by atoms with van der Waals surface area (Å²) in [5.74, 6) is 0. The van der Waals surface area contributed by atoms with Crippen LogP contribution >= 0.6 is 0 Å². The summed E-state index contributed by atoms with van der Waals surface area (Å²) in [6, 6.07) is 7.27. The molecule has 5 nitrogen and oxygen atoms in total. The quantitative estimate of drug-likeness (QED) is 0.733. The van der Waals surface area contributed by atoms with Gasteiger partial charge in [-0.15, -0.1) is 0 Å². The molecule has 0 aliphatic heterocycles. The van der Waals surface area contributed by atoms with Gasteiger partial charge in [-0.2, -0.15) is 0 Å². The molecule has 0 amide bonds. The second-order valence-electron chi connectivity index (χ2n) is 5.60. The highest BCUT2D eigenvalue weighted by molar-refractivity contribution is 5.42. The van der Waals surface area contributed by atoms with E-state index >= 15 is 0 Å².